The van der Waals surface area contributed by atoms with Crippen molar-refractivity contribution < 1.29 is 9.59 Å². The highest BCUT2D eigenvalue weighted by molar-refractivity contribution is 14.0. The minimum absolute atomic E-state index is 0. The molecular weight excluding hydrogens is 447 g/mol. The van der Waals surface area contributed by atoms with Crippen molar-refractivity contribution in [2.45, 2.75) is 27.2 Å². The van der Waals surface area contributed by atoms with Crippen LogP contribution in [0, 0.1) is 0 Å². The first-order chi connectivity index (χ1) is 12.1. The smallest absolute Gasteiger partial charge is 0.246 e. The number of anilines is 1. The Morgan fingerprint density at radius 1 is 1.19 bits per heavy atom. The lowest BCUT2D eigenvalue weighted by molar-refractivity contribution is -0.130. The van der Waals surface area contributed by atoms with E-state index in [1.54, 1.807) is 29.4 Å². The molecule has 0 radical (unpaired) electrons. The molecule has 0 fully saturated rings. The molecule has 0 aliphatic rings. The Morgan fingerprint density at radius 3 is 2.50 bits per heavy atom. The van der Waals surface area contributed by atoms with Gasteiger partial charge in [-0.05, 0) is 32.9 Å². The van der Waals surface area contributed by atoms with Crippen molar-refractivity contribution in [2.75, 3.05) is 38.0 Å². The number of hydrogen-bond donors (Lipinski definition) is 3. The fourth-order valence-corrected chi connectivity index (χ4v) is 2.15. The molecule has 0 aromatic carbocycles. The highest BCUT2D eigenvalue weighted by Crippen LogP contribution is 2.01. The standard InChI is InChI=1S/C17H28N6O2.HI/c1-4-19-17(20-11-9-16(25)23(5-2)6-3)21-13-15(24)22-14-8-7-10-18-12-14;/h7-8,10,12H,4-6,9,11,13H2,1-3H3,(H,22,24)(H2,19,20,21);1H. The van der Waals surface area contributed by atoms with Gasteiger partial charge in [-0.1, -0.05) is 0 Å². The van der Waals surface area contributed by atoms with E-state index in [1.165, 1.54) is 0 Å². The van der Waals surface area contributed by atoms with Gasteiger partial charge in [0.2, 0.25) is 11.8 Å². The van der Waals surface area contributed by atoms with E-state index in [0.29, 0.717) is 44.2 Å². The average Bonchev–Trinajstić information content (AvgIpc) is 2.61. The van der Waals surface area contributed by atoms with E-state index in [2.05, 4.69) is 25.9 Å². The van der Waals surface area contributed by atoms with E-state index < -0.39 is 0 Å². The third kappa shape index (κ3) is 9.54. The molecule has 0 saturated carbocycles. The molecular formula is C17H29IN6O2. The number of guanidine groups is 1. The summed E-state index contributed by atoms with van der Waals surface area (Å²) in [4.78, 5) is 33.8. The van der Waals surface area contributed by atoms with E-state index >= 15 is 0 Å². The molecule has 1 heterocycles. The summed E-state index contributed by atoms with van der Waals surface area (Å²) in [6, 6.07) is 3.51. The highest BCUT2D eigenvalue weighted by atomic mass is 127. The van der Waals surface area contributed by atoms with Crippen LogP contribution in [0.1, 0.15) is 27.2 Å². The van der Waals surface area contributed by atoms with Gasteiger partial charge in [0.25, 0.3) is 0 Å². The maximum atomic E-state index is 12.0. The molecule has 2 amide bonds. The SMILES string of the molecule is CCNC(=NCC(=O)Nc1cccnc1)NCCC(=O)N(CC)CC.I. The van der Waals surface area contributed by atoms with Gasteiger partial charge in [-0.3, -0.25) is 14.6 Å². The molecule has 9 heteroatoms. The number of nitrogens with one attached hydrogen (secondary N) is 3. The Labute approximate surface area is 172 Å². The number of aliphatic imine (C=N–C) groups is 1. The Balaban J connectivity index is 0.00000625. The summed E-state index contributed by atoms with van der Waals surface area (Å²) >= 11 is 0. The van der Waals surface area contributed by atoms with Crippen molar-refractivity contribution >= 4 is 47.4 Å². The third-order valence-corrected chi connectivity index (χ3v) is 3.42. The van der Waals surface area contributed by atoms with Gasteiger partial charge >= 0.3 is 0 Å². The number of halogens is 1. The average molecular weight is 476 g/mol. The molecule has 3 N–H and O–H groups in total. The van der Waals surface area contributed by atoms with Gasteiger partial charge in [0, 0.05) is 38.8 Å². The van der Waals surface area contributed by atoms with Crippen molar-refractivity contribution in [3.63, 3.8) is 0 Å². The quantitative estimate of drug-likeness (QED) is 0.285. The topological polar surface area (TPSA) is 98.7 Å². The van der Waals surface area contributed by atoms with Gasteiger partial charge in [-0.15, -0.1) is 24.0 Å². The Morgan fingerprint density at radius 2 is 1.92 bits per heavy atom. The first-order valence-corrected chi connectivity index (χ1v) is 8.60. The Bertz CT molecular complexity index is 564. The predicted octanol–water partition coefficient (Wildman–Crippen LogP) is 1.45. The zero-order valence-corrected chi connectivity index (χ0v) is 17.9. The minimum atomic E-state index is -0.232. The summed E-state index contributed by atoms with van der Waals surface area (Å²) in [5.74, 6) is 0.378. The maximum absolute atomic E-state index is 12.0. The van der Waals surface area contributed by atoms with Crippen LogP contribution in [0.2, 0.25) is 0 Å². The van der Waals surface area contributed by atoms with Crippen LogP contribution in [0.4, 0.5) is 5.69 Å². The van der Waals surface area contributed by atoms with E-state index in [0.717, 1.165) is 0 Å². The molecule has 0 aliphatic heterocycles. The lowest BCUT2D eigenvalue weighted by atomic mass is 10.3. The van der Waals surface area contributed by atoms with E-state index in [-0.39, 0.29) is 42.3 Å². The van der Waals surface area contributed by atoms with Gasteiger partial charge in [0.1, 0.15) is 6.54 Å². The Kier molecular flexibility index (Phi) is 13.2. The van der Waals surface area contributed by atoms with Crippen molar-refractivity contribution in [3.8, 4) is 0 Å². The largest absolute Gasteiger partial charge is 0.357 e. The molecule has 0 atom stereocenters. The number of carbonyl (C=O) groups is 2. The van der Waals surface area contributed by atoms with Gasteiger partial charge in [-0.2, -0.15) is 0 Å². The summed E-state index contributed by atoms with van der Waals surface area (Å²) < 4.78 is 0. The second-order valence-corrected chi connectivity index (χ2v) is 5.23. The second kappa shape index (κ2) is 14.3. The molecule has 0 bridgehead atoms. The zero-order chi connectivity index (χ0) is 18.5. The number of aromatic nitrogens is 1. The molecule has 0 spiro atoms. The maximum Gasteiger partial charge on any atom is 0.246 e. The molecule has 1 aromatic rings. The summed E-state index contributed by atoms with van der Waals surface area (Å²) in [6.45, 7) is 8.38. The number of hydrogen-bond acceptors (Lipinski definition) is 4. The molecule has 1 rings (SSSR count). The van der Waals surface area contributed by atoms with Crippen LogP contribution in [0.25, 0.3) is 0 Å². The molecule has 0 aliphatic carbocycles. The first kappa shape index (κ1) is 24.1. The van der Waals surface area contributed by atoms with Crippen molar-refractivity contribution in [3.05, 3.63) is 24.5 Å². The van der Waals surface area contributed by atoms with Gasteiger partial charge in [0.15, 0.2) is 5.96 Å². The first-order valence-electron chi connectivity index (χ1n) is 8.60. The van der Waals surface area contributed by atoms with Crippen molar-refractivity contribution in [2.24, 2.45) is 4.99 Å². The highest BCUT2D eigenvalue weighted by Gasteiger charge is 2.09. The summed E-state index contributed by atoms with van der Waals surface area (Å²) in [5, 5.41) is 8.85. The number of pyridine rings is 1. The monoisotopic (exact) mass is 476 g/mol. The molecule has 146 valence electrons. The van der Waals surface area contributed by atoms with Gasteiger partial charge in [-0.25, -0.2) is 4.99 Å². The summed E-state index contributed by atoms with van der Waals surface area (Å²) in [5.41, 5.74) is 0.630. The lowest BCUT2D eigenvalue weighted by Crippen LogP contribution is -2.40. The number of nitrogens with zero attached hydrogens (tertiary/aromatic N) is 3. The summed E-state index contributed by atoms with van der Waals surface area (Å²) in [6.07, 6.45) is 3.60. The predicted molar refractivity (Wildman–Crippen MR) is 115 cm³/mol. The molecule has 26 heavy (non-hydrogen) atoms. The van der Waals surface area contributed by atoms with Crippen LogP contribution in [-0.4, -0.2) is 60.4 Å². The normalized spacial score (nSPS) is 10.5. The fourth-order valence-electron chi connectivity index (χ4n) is 2.15. The van der Waals surface area contributed by atoms with E-state index in [1.807, 2.05) is 20.8 Å². The number of rotatable bonds is 9. The van der Waals surface area contributed by atoms with Crippen LogP contribution in [-0.2, 0) is 9.59 Å². The van der Waals surface area contributed by atoms with Gasteiger partial charge in [0.05, 0.1) is 11.9 Å². The number of carbonyl (C=O) groups excluding carboxylic acids is 2. The van der Waals surface area contributed by atoms with Crippen LogP contribution in [0.5, 0.6) is 0 Å². The van der Waals surface area contributed by atoms with Gasteiger partial charge < -0.3 is 20.9 Å². The molecule has 0 saturated heterocycles. The van der Waals surface area contributed by atoms with Crippen LogP contribution < -0.4 is 16.0 Å². The van der Waals surface area contributed by atoms with Crippen LogP contribution >= 0.6 is 24.0 Å². The summed E-state index contributed by atoms with van der Waals surface area (Å²) in [7, 11) is 0. The van der Waals surface area contributed by atoms with Crippen molar-refractivity contribution in [1.82, 2.24) is 20.5 Å². The molecule has 1 aromatic heterocycles. The lowest BCUT2D eigenvalue weighted by Gasteiger charge is -2.19. The fraction of sp³-hybridized carbons (Fsp3) is 0.529. The van der Waals surface area contributed by atoms with Crippen LogP contribution in [0.3, 0.4) is 0 Å². The third-order valence-electron chi connectivity index (χ3n) is 3.42. The van der Waals surface area contributed by atoms with E-state index in [9.17, 15) is 9.59 Å². The van der Waals surface area contributed by atoms with E-state index in [4.69, 9.17) is 0 Å². The minimum Gasteiger partial charge on any atom is -0.357 e. The molecule has 0 unspecified atom stereocenters. The second-order valence-electron chi connectivity index (χ2n) is 5.23. The van der Waals surface area contributed by atoms with Crippen molar-refractivity contribution in [1.29, 1.82) is 0 Å². The molecule has 8 nitrogen and oxygen atoms in total. The Hall–Kier alpha value is -1.91. The number of amides is 2. The van der Waals surface area contributed by atoms with Crippen LogP contribution in [0.15, 0.2) is 29.5 Å². The zero-order valence-electron chi connectivity index (χ0n) is 15.6.